The molecule has 0 fully saturated rings. The summed E-state index contributed by atoms with van der Waals surface area (Å²) in [5.74, 6) is 0.185. The summed E-state index contributed by atoms with van der Waals surface area (Å²) in [6.07, 6.45) is 4.14. The fraction of sp³-hybridized carbons (Fsp3) is 0.438. The Hall–Kier alpha value is -2.04. The van der Waals surface area contributed by atoms with Crippen LogP contribution in [0.2, 0.25) is 0 Å². The van der Waals surface area contributed by atoms with Gasteiger partial charge in [-0.25, -0.2) is 4.39 Å². The van der Waals surface area contributed by atoms with Crippen LogP contribution >= 0.6 is 0 Å². The van der Waals surface area contributed by atoms with Crippen LogP contribution in [0.4, 0.5) is 10.1 Å². The lowest BCUT2D eigenvalue weighted by Gasteiger charge is -2.13. The van der Waals surface area contributed by atoms with E-state index in [0.29, 0.717) is 18.3 Å². The third-order valence-electron chi connectivity index (χ3n) is 3.60. The average Bonchev–Trinajstić information content (AvgIpc) is 2.96. The molecule has 0 aliphatic carbocycles. The zero-order chi connectivity index (χ0) is 15.2. The maximum atomic E-state index is 13.1. The summed E-state index contributed by atoms with van der Waals surface area (Å²) in [6.45, 7) is 4.91. The van der Waals surface area contributed by atoms with Crippen molar-refractivity contribution in [3.05, 3.63) is 42.0 Å². The first kappa shape index (κ1) is 15.4. The van der Waals surface area contributed by atoms with Crippen LogP contribution < -0.4 is 10.1 Å². The Kier molecular flexibility index (Phi) is 5.20. The Morgan fingerprint density at radius 1 is 1.29 bits per heavy atom. The number of nitrogens with zero attached hydrogens (tertiary/aromatic N) is 2. The van der Waals surface area contributed by atoms with Crippen LogP contribution in [0.25, 0.3) is 0 Å². The molecule has 1 N–H and O–H groups in total. The summed E-state index contributed by atoms with van der Waals surface area (Å²) in [5, 5.41) is 7.81. The van der Waals surface area contributed by atoms with Gasteiger partial charge in [-0.2, -0.15) is 5.10 Å². The van der Waals surface area contributed by atoms with E-state index in [1.165, 1.54) is 19.2 Å². The van der Waals surface area contributed by atoms with E-state index in [0.717, 1.165) is 24.2 Å². The van der Waals surface area contributed by atoms with Crippen molar-refractivity contribution < 1.29 is 9.13 Å². The third-order valence-corrected chi connectivity index (χ3v) is 3.60. The summed E-state index contributed by atoms with van der Waals surface area (Å²) < 4.78 is 20.3. The number of halogens is 1. The number of aromatic nitrogens is 2. The van der Waals surface area contributed by atoms with Crippen molar-refractivity contribution in [2.24, 2.45) is 0 Å². The highest BCUT2D eigenvalue weighted by Gasteiger charge is 2.09. The lowest BCUT2D eigenvalue weighted by molar-refractivity contribution is 0.413. The van der Waals surface area contributed by atoms with Crippen molar-refractivity contribution >= 4 is 5.69 Å². The number of hydrogen-bond donors (Lipinski definition) is 1. The second-order valence-corrected chi connectivity index (χ2v) is 4.96. The smallest absolute Gasteiger partial charge is 0.144 e. The van der Waals surface area contributed by atoms with E-state index < -0.39 is 0 Å². The number of benzene rings is 1. The molecule has 0 spiro atoms. The number of methoxy groups -OCH3 is 1. The molecule has 5 heteroatoms. The molecule has 0 unspecified atom stereocenters. The number of ether oxygens (including phenoxy) is 1. The SMILES string of the molecule is CCC(CC)n1ccc(CNc2ccc(F)cc2OC)n1. The molecule has 2 aromatic rings. The minimum atomic E-state index is -0.310. The summed E-state index contributed by atoms with van der Waals surface area (Å²) in [7, 11) is 1.53. The second-order valence-electron chi connectivity index (χ2n) is 4.96. The highest BCUT2D eigenvalue weighted by Crippen LogP contribution is 2.25. The van der Waals surface area contributed by atoms with Gasteiger partial charge >= 0.3 is 0 Å². The van der Waals surface area contributed by atoms with E-state index in [-0.39, 0.29) is 5.82 Å². The normalized spacial score (nSPS) is 10.9. The van der Waals surface area contributed by atoms with Crippen LogP contribution in [0, 0.1) is 5.82 Å². The van der Waals surface area contributed by atoms with Crippen molar-refractivity contribution in [3.8, 4) is 5.75 Å². The molecule has 0 amide bonds. The van der Waals surface area contributed by atoms with Crippen LogP contribution in [0.1, 0.15) is 38.4 Å². The van der Waals surface area contributed by atoms with E-state index in [1.807, 2.05) is 16.9 Å². The summed E-state index contributed by atoms with van der Waals surface area (Å²) >= 11 is 0. The van der Waals surface area contributed by atoms with E-state index >= 15 is 0 Å². The van der Waals surface area contributed by atoms with Gasteiger partial charge in [0, 0.05) is 12.3 Å². The molecule has 0 bridgehead atoms. The maximum Gasteiger partial charge on any atom is 0.144 e. The van der Waals surface area contributed by atoms with Gasteiger partial charge in [0.2, 0.25) is 0 Å². The van der Waals surface area contributed by atoms with Crippen LogP contribution in [-0.2, 0) is 6.54 Å². The van der Waals surface area contributed by atoms with Crippen molar-refractivity contribution in [2.45, 2.75) is 39.3 Å². The molecule has 1 aromatic carbocycles. The van der Waals surface area contributed by atoms with Gasteiger partial charge in [-0.05, 0) is 31.0 Å². The largest absolute Gasteiger partial charge is 0.494 e. The second kappa shape index (κ2) is 7.11. The Bertz CT molecular complexity index is 579. The van der Waals surface area contributed by atoms with Crippen molar-refractivity contribution in [3.63, 3.8) is 0 Å². The van der Waals surface area contributed by atoms with E-state index in [1.54, 1.807) is 6.07 Å². The monoisotopic (exact) mass is 291 g/mol. The molecule has 2 rings (SSSR count). The van der Waals surface area contributed by atoms with E-state index in [4.69, 9.17) is 4.74 Å². The first-order chi connectivity index (χ1) is 10.2. The molecule has 0 saturated heterocycles. The Morgan fingerprint density at radius 2 is 2.05 bits per heavy atom. The zero-order valence-electron chi connectivity index (χ0n) is 12.8. The summed E-state index contributed by atoms with van der Waals surface area (Å²) in [5.41, 5.74) is 1.71. The standard InChI is InChI=1S/C16H22FN3O/c1-4-14(5-2)20-9-8-13(19-20)11-18-15-7-6-12(17)10-16(15)21-3/h6-10,14,18H,4-5,11H2,1-3H3. The van der Waals surface area contributed by atoms with E-state index in [2.05, 4.69) is 24.3 Å². The minimum absolute atomic E-state index is 0.310. The first-order valence-electron chi connectivity index (χ1n) is 7.29. The molecule has 0 aliphatic heterocycles. The molecular weight excluding hydrogens is 269 g/mol. The average molecular weight is 291 g/mol. The van der Waals surface area contributed by atoms with Gasteiger partial charge in [-0.3, -0.25) is 4.68 Å². The van der Waals surface area contributed by atoms with Gasteiger partial charge in [0.1, 0.15) is 11.6 Å². The van der Waals surface area contributed by atoms with E-state index in [9.17, 15) is 4.39 Å². The number of nitrogens with one attached hydrogen (secondary N) is 1. The fourth-order valence-corrected chi connectivity index (χ4v) is 2.33. The van der Waals surface area contributed by atoms with Crippen LogP contribution in [0.3, 0.4) is 0 Å². The molecular formula is C16H22FN3O. The molecule has 0 aliphatic rings. The molecule has 114 valence electrons. The van der Waals surface area contributed by atoms with Gasteiger partial charge in [0.05, 0.1) is 31.1 Å². The molecule has 1 heterocycles. The van der Waals surface area contributed by atoms with Gasteiger partial charge in [0.15, 0.2) is 0 Å². The molecule has 21 heavy (non-hydrogen) atoms. The predicted octanol–water partition coefficient (Wildman–Crippen LogP) is 4.00. The van der Waals surface area contributed by atoms with Gasteiger partial charge in [-0.1, -0.05) is 13.8 Å². The fourth-order valence-electron chi connectivity index (χ4n) is 2.33. The first-order valence-corrected chi connectivity index (χ1v) is 7.29. The Labute approximate surface area is 124 Å². The van der Waals surface area contributed by atoms with Crippen molar-refractivity contribution in [1.29, 1.82) is 0 Å². The highest BCUT2D eigenvalue weighted by atomic mass is 19.1. The van der Waals surface area contributed by atoms with Crippen LogP contribution in [-0.4, -0.2) is 16.9 Å². The molecule has 1 aromatic heterocycles. The Balaban J connectivity index is 2.03. The third kappa shape index (κ3) is 3.74. The Morgan fingerprint density at radius 3 is 2.71 bits per heavy atom. The highest BCUT2D eigenvalue weighted by molar-refractivity contribution is 5.56. The lowest BCUT2D eigenvalue weighted by Crippen LogP contribution is -2.09. The predicted molar refractivity (Wildman–Crippen MR) is 82.1 cm³/mol. The summed E-state index contributed by atoms with van der Waals surface area (Å²) in [6, 6.07) is 6.89. The molecule has 4 nitrogen and oxygen atoms in total. The van der Waals surface area contributed by atoms with Crippen LogP contribution in [0.5, 0.6) is 5.75 Å². The van der Waals surface area contributed by atoms with Crippen molar-refractivity contribution in [2.75, 3.05) is 12.4 Å². The quantitative estimate of drug-likeness (QED) is 0.838. The number of hydrogen-bond acceptors (Lipinski definition) is 3. The molecule has 0 radical (unpaired) electrons. The summed E-state index contributed by atoms with van der Waals surface area (Å²) in [4.78, 5) is 0. The lowest BCUT2D eigenvalue weighted by atomic mass is 10.2. The molecule has 0 saturated carbocycles. The zero-order valence-corrected chi connectivity index (χ0v) is 12.8. The number of rotatable bonds is 7. The topological polar surface area (TPSA) is 39.1 Å². The van der Waals surface area contributed by atoms with Gasteiger partial charge in [-0.15, -0.1) is 0 Å². The van der Waals surface area contributed by atoms with Gasteiger partial charge < -0.3 is 10.1 Å². The number of anilines is 1. The molecule has 0 atom stereocenters. The maximum absolute atomic E-state index is 13.1. The van der Waals surface area contributed by atoms with Gasteiger partial charge in [0.25, 0.3) is 0 Å². The minimum Gasteiger partial charge on any atom is -0.494 e. The van der Waals surface area contributed by atoms with Crippen molar-refractivity contribution in [1.82, 2.24) is 9.78 Å². The van der Waals surface area contributed by atoms with Crippen LogP contribution in [0.15, 0.2) is 30.5 Å².